The van der Waals surface area contributed by atoms with E-state index in [9.17, 15) is 9.18 Å². The van der Waals surface area contributed by atoms with Crippen molar-refractivity contribution in [2.45, 2.75) is 25.4 Å². The molecule has 0 aliphatic carbocycles. The van der Waals surface area contributed by atoms with Crippen LogP contribution in [-0.4, -0.2) is 37.9 Å². The van der Waals surface area contributed by atoms with E-state index >= 15 is 0 Å². The number of fused-ring (bicyclic) bond motifs is 1. The minimum Gasteiger partial charge on any atom is -0.339 e. The lowest BCUT2D eigenvalue weighted by atomic mass is 9.98. The van der Waals surface area contributed by atoms with Gasteiger partial charge in [-0.3, -0.25) is 9.69 Å². The van der Waals surface area contributed by atoms with E-state index in [-0.39, 0.29) is 17.3 Å². The summed E-state index contributed by atoms with van der Waals surface area (Å²) in [7, 11) is 0. The van der Waals surface area contributed by atoms with E-state index in [4.69, 9.17) is 9.62 Å². The summed E-state index contributed by atoms with van der Waals surface area (Å²) >= 11 is 1.61. The van der Waals surface area contributed by atoms with Crippen LogP contribution in [0.1, 0.15) is 24.7 Å². The minimum absolute atomic E-state index is 0.0338. The van der Waals surface area contributed by atoms with Gasteiger partial charge in [0.1, 0.15) is 11.5 Å². The first-order valence-electron chi connectivity index (χ1n) is 11.5. The van der Waals surface area contributed by atoms with E-state index < -0.39 is 0 Å². The molecule has 7 nitrogen and oxygen atoms in total. The van der Waals surface area contributed by atoms with E-state index in [0.29, 0.717) is 35.9 Å². The maximum Gasteiger partial charge on any atom is 0.275 e. The van der Waals surface area contributed by atoms with Gasteiger partial charge in [0.2, 0.25) is 11.7 Å². The molecule has 0 spiro atoms. The maximum absolute atomic E-state index is 13.6. The minimum atomic E-state index is -0.340. The molecule has 2 aromatic carbocycles. The van der Waals surface area contributed by atoms with Crippen molar-refractivity contribution >= 4 is 22.1 Å². The summed E-state index contributed by atoms with van der Waals surface area (Å²) < 4.78 is 20.7. The Bertz CT molecular complexity index is 1550. The third-order valence-corrected chi connectivity index (χ3v) is 7.21. The Labute approximate surface area is 204 Å². The van der Waals surface area contributed by atoms with Crippen LogP contribution in [0.4, 0.5) is 4.39 Å². The number of nitrogens with zero attached hydrogens (tertiary/aromatic N) is 5. The Morgan fingerprint density at radius 1 is 1.09 bits per heavy atom. The Morgan fingerprint density at radius 2 is 1.97 bits per heavy atom. The number of benzene rings is 2. The molecule has 35 heavy (non-hydrogen) atoms. The second-order valence-corrected chi connectivity index (χ2v) is 9.65. The number of thiophene rings is 1. The molecule has 1 aliphatic rings. The van der Waals surface area contributed by atoms with Crippen molar-refractivity contribution in [3.63, 3.8) is 0 Å². The highest BCUT2D eigenvalue weighted by molar-refractivity contribution is 7.13. The van der Waals surface area contributed by atoms with Gasteiger partial charge in [0.25, 0.3) is 5.56 Å². The molecule has 1 unspecified atom stereocenters. The Balaban J connectivity index is 1.27. The third kappa shape index (κ3) is 4.28. The van der Waals surface area contributed by atoms with Crippen molar-refractivity contribution in [2.75, 3.05) is 13.1 Å². The second-order valence-electron chi connectivity index (χ2n) is 8.70. The Kier molecular flexibility index (Phi) is 5.71. The third-order valence-electron chi connectivity index (χ3n) is 6.34. The number of halogens is 1. The number of rotatable bonds is 5. The first-order chi connectivity index (χ1) is 17.2. The van der Waals surface area contributed by atoms with Crippen molar-refractivity contribution < 1.29 is 8.91 Å². The van der Waals surface area contributed by atoms with Gasteiger partial charge in [0, 0.05) is 17.5 Å². The lowest BCUT2D eigenvalue weighted by molar-refractivity contribution is 0.142. The molecule has 0 amide bonds. The topological polar surface area (TPSA) is 77.1 Å². The first kappa shape index (κ1) is 21.8. The molecule has 1 atom stereocenters. The normalized spacial score (nSPS) is 16.7. The SMILES string of the molecule is O=c1c2ccccc2c(-c2cccs2)nn1CN1CCCC(c2nc(-c3cccc(F)c3)no2)C1. The van der Waals surface area contributed by atoms with Crippen LogP contribution in [0.2, 0.25) is 0 Å². The van der Waals surface area contributed by atoms with Gasteiger partial charge in [0.15, 0.2) is 0 Å². The Morgan fingerprint density at radius 3 is 2.80 bits per heavy atom. The van der Waals surface area contributed by atoms with Crippen molar-refractivity contribution in [1.82, 2.24) is 24.8 Å². The summed E-state index contributed by atoms with van der Waals surface area (Å²) in [4.78, 5) is 21.0. The molecule has 0 N–H and O–H groups in total. The van der Waals surface area contributed by atoms with Crippen molar-refractivity contribution in [3.8, 4) is 22.0 Å². The van der Waals surface area contributed by atoms with Crippen LogP contribution in [0.15, 0.2) is 75.4 Å². The molecule has 1 saturated heterocycles. The quantitative estimate of drug-likeness (QED) is 0.341. The smallest absolute Gasteiger partial charge is 0.275 e. The van der Waals surface area contributed by atoms with Gasteiger partial charge in [0.05, 0.1) is 22.8 Å². The maximum atomic E-state index is 13.6. The molecule has 3 aromatic heterocycles. The zero-order chi connectivity index (χ0) is 23.8. The van der Waals surface area contributed by atoms with Gasteiger partial charge in [-0.2, -0.15) is 10.1 Å². The average Bonchev–Trinajstić information content (AvgIpc) is 3.59. The van der Waals surface area contributed by atoms with Gasteiger partial charge < -0.3 is 4.52 Å². The fourth-order valence-electron chi connectivity index (χ4n) is 4.65. The standard InChI is InChI=1S/C26H22FN5O2S/c27-19-8-3-6-17(14-19)24-28-25(34-30-24)18-7-4-12-31(15-18)16-32-26(33)21-10-2-1-9-20(21)23(29-32)22-11-5-13-35-22/h1-3,5-6,8-11,13-14,18H,4,7,12,15-16H2. The predicted octanol–water partition coefficient (Wildman–Crippen LogP) is 5.15. The summed E-state index contributed by atoms with van der Waals surface area (Å²) in [5.41, 5.74) is 1.30. The van der Waals surface area contributed by atoms with Crippen LogP contribution in [0, 0.1) is 5.82 Å². The lowest BCUT2D eigenvalue weighted by Gasteiger charge is -2.30. The van der Waals surface area contributed by atoms with Crippen LogP contribution in [-0.2, 0) is 6.67 Å². The van der Waals surface area contributed by atoms with E-state index in [1.54, 1.807) is 28.2 Å². The highest BCUT2D eigenvalue weighted by Crippen LogP contribution is 2.30. The molecule has 0 bridgehead atoms. The molecule has 1 fully saturated rings. The van der Waals surface area contributed by atoms with Gasteiger partial charge in [-0.05, 0) is 49.0 Å². The van der Waals surface area contributed by atoms with Crippen LogP contribution >= 0.6 is 11.3 Å². The average molecular weight is 488 g/mol. The number of likely N-dealkylation sites (tertiary alicyclic amines) is 1. The molecule has 1 aliphatic heterocycles. The molecule has 6 rings (SSSR count). The summed E-state index contributed by atoms with van der Waals surface area (Å²) in [6.45, 7) is 1.89. The summed E-state index contributed by atoms with van der Waals surface area (Å²) in [6.07, 6.45) is 1.84. The fourth-order valence-corrected chi connectivity index (χ4v) is 5.37. The van der Waals surface area contributed by atoms with Crippen molar-refractivity contribution in [3.05, 3.63) is 88.1 Å². The van der Waals surface area contributed by atoms with Crippen LogP contribution < -0.4 is 5.56 Å². The van der Waals surface area contributed by atoms with Gasteiger partial charge in [-0.1, -0.05) is 41.6 Å². The van der Waals surface area contributed by atoms with Gasteiger partial charge >= 0.3 is 0 Å². The number of hydrogen-bond acceptors (Lipinski definition) is 7. The summed E-state index contributed by atoms with van der Waals surface area (Å²) in [5, 5.41) is 12.4. The molecule has 4 heterocycles. The monoisotopic (exact) mass is 487 g/mol. The summed E-state index contributed by atoms with van der Waals surface area (Å²) in [6, 6.07) is 17.8. The van der Waals surface area contributed by atoms with Crippen molar-refractivity contribution in [1.29, 1.82) is 0 Å². The Hall–Kier alpha value is -3.69. The van der Waals surface area contributed by atoms with Crippen LogP contribution in [0.25, 0.3) is 32.7 Å². The highest BCUT2D eigenvalue weighted by Gasteiger charge is 2.27. The fraction of sp³-hybridized carbons (Fsp3) is 0.231. The molecule has 9 heteroatoms. The van der Waals surface area contributed by atoms with E-state index in [0.717, 1.165) is 35.3 Å². The van der Waals surface area contributed by atoms with E-state index in [1.165, 1.54) is 12.1 Å². The van der Waals surface area contributed by atoms with E-state index in [1.807, 2.05) is 41.8 Å². The number of piperidine rings is 1. The van der Waals surface area contributed by atoms with Gasteiger partial charge in [-0.15, -0.1) is 11.3 Å². The highest BCUT2D eigenvalue weighted by atomic mass is 32.1. The zero-order valence-corrected chi connectivity index (χ0v) is 19.6. The molecule has 176 valence electrons. The van der Waals surface area contributed by atoms with Crippen LogP contribution in [0.3, 0.4) is 0 Å². The largest absolute Gasteiger partial charge is 0.339 e. The molecule has 0 radical (unpaired) electrons. The summed E-state index contributed by atoms with van der Waals surface area (Å²) in [5.74, 6) is 0.608. The lowest BCUT2D eigenvalue weighted by Crippen LogP contribution is -2.39. The molecular weight excluding hydrogens is 465 g/mol. The number of aromatic nitrogens is 4. The van der Waals surface area contributed by atoms with E-state index in [2.05, 4.69) is 15.0 Å². The molecular formula is C26H22FN5O2S. The predicted molar refractivity (Wildman–Crippen MR) is 133 cm³/mol. The zero-order valence-electron chi connectivity index (χ0n) is 18.8. The second kappa shape index (κ2) is 9.16. The van der Waals surface area contributed by atoms with Gasteiger partial charge in [-0.25, -0.2) is 9.07 Å². The molecule has 0 saturated carbocycles. The molecule has 5 aromatic rings. The van der Waals surface area contributed by atoms with Crippen LogP contribution in [0.5, 0.6) is 0 Å². The number of hydrogen-bond donors (Lipinski definition) is 0. The first-order valence-corrected chi connectivity index (χ1v) is 12.4. The van der Waals surface area contributed by atoms with Crippen molar-refractivity contribution in [2.24, 2.45) is 0 Å².